The Labute approximate surface area is 181 Å². The summed E-state index contributed by atoms with van der Waals surface area (Å²) in [5, 5.41) is 9.36. The number of nitrogens with zero attached hydrogens (tertiary/aromatic N) is 3. The minimum Gasteiger partial charge on any atom is -0.330 e. The number of amides is 2. The lowest BCUT2D eigenvalue weighted by atomic mass is 9.99. The number of aromatic amines is 1. The average Bonchev–Trinajstić information content (AvgIpc) is 3.31. The Morgan fingerprint density at radius 1 is 1.16 bits per heavy atom. The summed E-state index contributed by atoms with van der Waals surface area (Å²) in [5.74, 6) is -2.27. The molecule has 0 spiro atoms. The smallest absolute Gasteiger partial charge is 0.330 e. The summed E-state index contributed by atoms with van der Waals surface area (Å²) in [6.45, 7) is -0.152. The van der Waals surface area contributed by atoms with Crippen molar-refractivity contribution in [2.75, 3.05) is 11.9 Å². The Morgan fingerprint density at radius 2 is 2.00 bits per heavy atom. The number of fused-ring (bicyclic) bond motifs is 1. The van der Waals surface area contributed by atoms with Crippen LogP contribution in [0.1, 0.15) is 16.7 Å². The lowest BCUT2D eigenvalue weighted by Gasteiger charge is -2.29. The zero-order valence-corrected chi connectivity index (χ0v) is 16.7. The number of aromatic nitrogens is 3. The first-order valence-electron chi connectivity index (χ1n) is 9.71. The number of H-pyrrole nitrogens is 1. The highest BCUT2D eigenvalue weighted by atomic mass is 19.4. The van der Waals surface area contributed by atoms with Gasteiger partial charge in [-0.15, -0.1) is 0 Å². The van der Waals surface area contributed by atoms with Crippen LogP contribution >= 0.6 is 0 Å². The van der Waals surface area contributed by atoms with Crippen LogP contribution < -0.4 is 5.32 Å². The van der Waals surface area contributed by atoms with Crippen molar-refractivity contribution in [1.82, 2.24) is 20.1 Å². The van der Waals surface area contributed by atoms with E-state index in [9.17, 15) is 22.8 Å². The lowest BCUT2D eigenvalue weighted by molar-refractivity contribution is -0.186. The highest BCUT2D eigenvalue weighted by molar-refractivity contribution is 6.02. The molecule has 0 unspecified atom stereocenters. The largest absolute Gasteiger partial charge is 0.471 e. The van der Waals surface area contributed by atoms with Crippen LogP contribution in [0, 0.1) is 0 Å². The molecule has 4 rings (SSSR count). The molecule has 3 aromatic rings. The monoisotopic (exact) mass is 441 g/mol. The van der Waals surface area contributed by atoms with Gasteiger partial charge in [-0.05, 0) is 47.4 Å². The summed E-state index contributed by atoms with van der Waals surface area (Å²) in [4.78, 5) is 28.8. The molecule has 2 N–H and O–H groups in total. The summed E-state index contributed by atoms with van der Waals surface area (Å²) in [5.41, 5.74) is 4.27. The van der Waals surface area contributed by atoms with Crippen molar-refractivity contribution in [3.05, 3.63) is 71.8 Å². The molecule has 32 heavy (non-hydrogen) atoms. The summed E-state index contributed by atoms with van der Waals surface area (Å²) < 4.78 is 38.2. The molecule has 1 aromatic carbocycles. The van der Waals surface area contributed by atoms with Gasteiger partial charge in [-0.25, -0.2) is 0 Å². The molecule has 0 saturated carbocycles. The number of anilines is 1. The van der Waals surface area contributed by atoms with E-state index in [1.807, 2.05) is 0 Å². The Balaban J connectivity index is 1.46. The number of carbonyl (C=O) groups is 2. The highest BCUT2D eigenvalue weighted by Gasteiger charge is 2.43. The SMILES string of the molecule is O=C(/C=C/c1cnccc1-c1cn[nH]c1)Nc1ccc2c(c1)CN(C(=O)C(F)(F)F)CC2. The Morgan fingerprint density at radius 3 is 2.75 bits per heavy atom. The lowest BCUT2D eigenvalue weighted by Crippen LogP contribution is -2.43. The molecule has 0 fully saturated rings. The number of pyridine rings is 1. The van der Waals surface area contributed by atoms with Crippen molar-refractivity contribution in [3.8, 4) is 11.1 Å². The molecule has 1 aliphatic heterocycles. The molecule has 7 nitrogen and oxygen atoms in total. The first-order valence-corrected chi connectivity index (χ1v) is 9.71. The fourth-order valence-corrected chi connectivity index (χ4v) is 3.54. The van der Waals surface area contributed by atoms with Crippen LogP contribution in [-0.2, 0) is 22.6 Å². The Kier molecular flexibility index (Phi) is 5.76. The molecule has 1 aliphatic rings. The first kappa shape index (κ1) is 21.3. The normalized spacial score (nSPS) is 13.8. The number of hydrogen-bond donors (Lipinski definition) is 2. The molecule has 3 heterocycles. The molecular formula is C22H18F3N5O2. The zero-order valence-electron chi connectivity index (χ0n) is 16.7. The topological polar surface area (TPSA) is 91.0 Å². The van der Waals surface area contributed by atoms with E-state index in [4.69, 9.17) is 0 Å². The van der Waals surface area contributed by atoms with Crippen molar-refractivity contribution < 1.29 is 22.8 Å². The van der Waals surface area contributed by atoms with E-state index >= 15 is 0 Å². The number of alkyl halides is 3. The second-order valence-corrected chi connectivity index (χ2v) is 7.23. The number of hydrogen-bond acceptors (Lipinski definition) is 4. The summed E-state index contributed by atoms with van der Waals surface area (Å²) in [6, 6.07) is 6.84. The van der Waals surface area contributed by atoms with Crippen molar-refractivity contribution in [1.29, 1.82) is 0 Å². The van der Waals surface area contributed by atoms with Crippen LogP contribution in [0.3, 0.4) is 0 Å². The van der Waals surface area contributed by atoms with Gasteiger partial charge in [0, 0.05) is 54.6 Å². The van der Waals surface area contributed by atoms with Crippen LogP contribution in [0.5, 0.6) is 0 Å². The number of rotatable bonds is 4. The molecule has 2 amide bonds. The molecule has 2 aromatic heterocycles. The van der Waals surface area contributed by atoms with E-state index < -0.39 is 18.0 Å². The zero-order chi connectivity index (χ0) is 22.7. The van der Waals surface area contributed by atoms with E-state index in [1.165, 1.54) is 6.08 Å². The summed E-state index contributed by atoms with van der Waals surface area (Å²) in [7, 11) is 0. The first-order chi connectivity index (χ1) is 15.3. The van der Waals surface area contributed by atoms with E-state index in [-0.39, 0.29) is 13.1 Å². The standard InChI is InChI=1S/C22H18F3N5O2/c23-22(24,25)21(32)30-8-6-14-1-3-18(9-16(14)13-30)29-20(31)4-2-15-10-26-7-5-19(15)17-11-27-28-12-17/h1-5,7,9-12H,6,8,13H2,(H,27,28)(H,29,31)/b4-2+. The molecule has 10 heteroatoms. The molecule has 164 valence electrons. The van der Waals surface area contributed by atoms with Crippen LogP contribution in [0.2, 0.25) is 0 Å². The third-order valence-corrected chi connectivity index (χ3v) is 5.09. The van der Waals surface area contributed by atoms with Gasteiger partial charge in [-0.3, -0.25) is 19.7 Å². The number of carbonyl (C=O) groups excluding carboxylic acids is 2. The van der Waals surface area contributed by atoms with Gasteiger partial charge >= 0.3 is 12.1 Å². The maximum absolute atomic E-state index is 12.7. The molecule has 0 bridgehead atoms. The predicted molar refractivity (Wildman–Crippen MR) is 111 cm³/mol. The van der Waals surface area contributed by atoms with Gasteiger partial charge in [0.05, 0.1) is 6.20 Å². The number of benzene rings is 1. The quantitative estimate of drug-likeness (QED) is 0.606. The molecule has 0 atom stereocenters. The van der Waals surface area contributed by atoms with E-state index in [2.05, 4.69) is 20.5 Å². The molecular weight excluding hydrogens is 423 g/mol. The van der Waals surface area contributed by atoms with Gasteiger partial charge in [0.1, 0.15) is 0 Å². The third-order valence-electron chi connectivity index (χ3n) is 5.09. The van der Waals surface area contributed by atoms with Gasteiger partial charge < -0.3 is 10.2 Å². The molecule has 0 saturated heterocycles. The number of halogens is 3. The van der Waals surface area contributed by atoms with Gasteiger partial charge in [-0.2, -0.15) is 18.3 Å². The fourth-order valence-electron chi connectivity index (χ4n) is 3.54. The highest BCUT2D eigenvalue weighted by Crippen LogP contribution is 2.27. The number of nitrogens with one attached hydrogen (secondary N) is 2. The maximum Gasteiger partial charge on any atom is 0.471 e. The van der Waals surface area contributed by atoms with Crippen LogP contribution in [0.4, 0.5) is 18.9 Å². The van der Waals surface area contributed by atoms with Crippen molar-refractivity contribution in [2.24, 2.45) is 0 Å². The molecule has 0 aliphatic carbocycles. The van der Waals surface area contributed by atoms with Crippen LogP contribution in [0.25, 0.3) is 17.2 Å². The second-order valence-electron chi connectivity index (χ2n) is 7.23. The van der Waals surface area contributed by atoms with Crippen LogP contribution in [-0.4, -0.2) is 44.6 Å². The second kappa shape index (κ2) is 8.66. The van der Waals surface area contributed by atoms with Gasteiger partial charge in [-0.1, -0.05) is 6.07 Å². The minimum atomic E-state index is -4.91. The maximum atomic E-state index is 12.7. The van der Waals surface area contributed by atoms with E-state index in [1.54, 1.807) is 55.1 Å². The average molecular weight is 441 g/mol. The van der Waals surface area contributed by atoms with E-state index in [0.29, 0.717) is 17.7 Å². The fraction of sp³-hybridized carbons (Fsp3) is 0.182. The Bertz CT molecular complexity index is 1170. The van der Waals surface area contributed by atoms with Gasteiger partial charge in [0.25, 0.3) is 0 Å². The van der Waals surface area contributed by atoms with Gasteiger partial charge in [0.15, 0.2) is 0 Å². The summed E-state index contributed by atoms with van der Waals surface area (Å²) in [6.07, 6.45) is 5.03. The van der Waals surface area contributed by atoms with E-state index in [0.717, 1.165) is 27.2 Å². The van der Waals surface area contributed by atoms with Gasteiger partial charge in [0.2, 0.25) is 5.91 Å². The predicted octanol–water partition coefficient (Wildman–Crippen LogP) is 3.57. The van der Waals surface area contributed by atoms with Crippen LogP contribution in [0.15, 0.2) is 55.1 Å². The van der Waals surface area contributed by atoms with Crippen molar-refractivity contribution in [2.45, 2.75) is 19.1 Å². The van der Waals surface area contributed by atoms with Crippen molar-refractivity contribution >= 4 is 23.6 Å². The Hall–Kier alpha value is -3.95. The third kappa shape index (κ3) is 4.69. The minimum absolute atomic E-state index is 0.00386. The van der Waals surface area contributed by atoms with Crippen molar-refractivity contribution in [3.63, 3.8) is 0 Å². The summed E-state index contributed by atoms with van der Waals surface area (Å²) >= 11 is 0. The molecule has 0 radical (unpaired) electrons.